The van der Waals surface area contributed by atoms with E-state index in [1.54, 1.807) is 18.2 Å². The number of hydrogen-bond donors (Lipinski definition) is 1. The molecule has 5 heteroatoms. The van der Waals surface area contributed by atoms with Gasteiger partial charge in [0, 0.05) is 36.6 Å². The number of amides is 1. The highest BCUT2D eigenvalue weighted by molar-refractivity contribution is 5.93. The van der Waals surface area contributed by atoms with E-state index in [0.717, 1.165) is 24.3 Å². The lowest BCUT2D eigenvalue weighted by molar-refractivity contribution is -0.117. The summed E-state index contributed by atoms with van der Waals surface area (Å²) in [6, 6.07) is 12.8. The van der Waals surface area contributed by atoms with Gasteiger partial charge >= 0.3 is 0 Å². The minimum Gasteiger partial charge on any atom is -0.372 e. The van der Waals surface area contributed by atoms with Crippen LogP contribution in [0.5, 0.6) is 0 Å². The first-order valence-corrected chi connectivity index (χ1v) is 9.10. The molecule has 1 fully saturated rings. The molecule has 2 aromatic rings. The zero-order valence-corrected chi connectivity index (χ0v) is 15.5. The Morgan fingerprint density at radius 2 is 1.92 bits per heavy atom. The second-order valence-electron chi connectivity index (χ2n) is 7.01. The Hall–Kier alpha value is -2.40. The van der Waals surface area contributed by atoms with Gasteiger partial charge in [0.15, 0.2) is 0 Å². The van der Waals surface area contributed by atoms with Gasteiger partial charge < -0.3 is 10.2 Å². The summed E-state index contributed by atoms with van der Waals surface area (Å²) in [5, 5.41) is 2.97. The fourth-order valence-electron chi connectivity index (χ4n) is 3.37. The number of halogens is 1. The molecule has 1 aliphatic heterocycles. The largest absolute Gasteiger partial charge is 0.372 e. The Kier molecular flexibility index (Phi) is 5.89. The molecule has 0 bridgehead atoms. The zero-order valence-electron chi connectivity index (χ0n) is 15.5. The molecule has 0 unspecified atom stereocenters. The molecular weight excluding hydrogens is 329 g/mol. The Morgan fingerprint density at radius 1 is 1.19 bits per heavy atom. The molecule has 0 spiro atoms. The van der Waals surface area contributed by atoms with E-state index in [0.29, 0.717) is 12.1 Å². The molecule has 0 aliphatic carbocycles. The van der Waals surface area contributed by atoms with E-state index >= 15 is 0 Å². The first kappa shape index (κ1) is 18.4. The fraction of sp³-hybridized carbons (Fsp3) is 0.381. The van der Waals surface area contributed by atoms with Gasteiger partial charge in [0.05, 0.1) is 6.54 Å². The summed E-state index contributed by atoms with van der Waals surface area (Å²) in [5.74, 6) is -0.339. The Balaban J connectivity index is 1.56. The third-order valence-corrected chi connectivity index (χ3v) is 4.77. The Labute approximate surface area is 154 Å². The lowest BCUT2D eigenvalue weighted by Gasteiger charge is -2.20. The minimum absolute atomic E-state index is 0.0964. The number of aryl methyl sites for hydroxylation is 1. The molecule has 1 heterocycles. The molecule has 1 aliphatic rings. The molecule has 26 heavy (non-hydrogen) atoms. The van der Waals surface area contributed by atoms with Crippen molar-refractivity contribution < 1.29 is 9.18 Å². The summed E-state index contributed by atoms with van der Waals surface area (Å²) in [6.07, 6.45) is 2.48. The molecule has 1 amide bonds. The van der Waals surface area contributed by atoms with Gasteiger partial charge in [-0.3, -0.25) is 9.69 Å². The van der Waals surface area contributed by atoms with Gasteiger partial charge in [-0.15, -0.1) is 0 Å². The van der Waals surface area contributed by atoms with Crippen molar-refractivity contribution in [1.29, 1.82) is 0 Å². The molecule has 3 rings (SSSR count). The van der Waals surface area contributed by atoms with Gasteiger partial charge in [0.25, 0.3) is 0 Å². The minimum atomic E-state index is -0.242. The van der Waals surface area contributed by atoms with Gasteiger partial charge in [-0.2, -0.15) is 0 Å². The lowest BCUT2D eigenvalue weighted by Crippen LogP contribution is -2.30. The average Bonchev–Trinajstić information content (AvgIpc) is 3.13. The van der Waals surface area contributed by atoms with Gasteiger partial charge in [0.1, 0.15) is 5.82 Å². The van der Waals surface area contributed by atoms with Crippen LogP contribution in [0.3, 0.4) is 0 Å². The highest BCUT2D eigenvalue weighted by atomic mass is 19.1. The number of nitrogens with one attached hydrogen (secondary N) is 1. The van der Waals surface area contributed by atoms with Crippen LogP contribution in [0.4, 0.5) is 15.8 Å². The first-order chi connectivity index (χ1) is 12.5. The molecule has 0 radical (unpaired) electrons. The van der Waals surface area contributed by atoms with E-state index in [9.17, 15) is 9.18 Å². The van der Waals surface area contributed by atoms with Gasteiger partial charge in [-0.05, 0) is 56.6 Å². The van der Waals surface area contributed by atoms with E-state index < -0.39 is 0 Å². The summed E-state index contributed by atoms with van der Waals surface area (Å²) in [6.45, 7) is 4.82. The number of benzene rings is 2. The summed E-state index contributed by atoms with van der Waals surface area (Å²) in [5.41, 5.74) is 3.69. The summed E-state index contributed by atoms with van der Waals surface area (Å²) in [4.78, 5) is 16.5. The van der Waals surface area contributed by atoms with E-state index in [1.165, 1.54) is 24.6 Å². The monoisotopic (exact) mass is 355 g/mol. The lowest BCUT2D eigenvalue weighted by atomic mass is 10.1. The quantitative estimate of drug-likeness (QED) is 0.856. The van der Waals surface area contributed by atoms with E-state index in [2.05, 4.69) is 22.3 Å². The molecule has 2 aromatic carbocycles. The van der Waals surface area contributed by atoms with Crippen LogP contribution in [0, 0.1) is 12.7 Å². The Morgan fingerprint density at radius 3 is 2.62 bits per heavy atom. The molecule has 138 valence electrons. The molecule has 0 saturated carbocycles. The van der Waals surface area contributed by atoms with Crippen LogP contribution in [0.2, 0.25) is 0 Å². The van der Waals surface area contributed by atoms with Crippen molar-refractivity contribution in [3.8, 4) is 0 Å². The highest BCUT2D eigenvalue weighted by Gasteiger charge is 2.14. The number of likely N-dealkylation sites (N-methyl/N-ethyl adjacent to an activating group) is 1. The van der Waals surface area contributed by atoms with Crippen LogP contribution in [0.25, 0.3) is 0 Å². The average molecular weight is 355 g/mol. The summed E-state index contributed by atoms with van der Waals surface area (Å²) >= 11 is 0. The maximum Gasteiger partial charge on any atom is 0.238 e. The second-order valence-corrected chi connectivity index (χ2v) is 7.01. The number of carbonyl (C=O) groups excluding carboxylic acids is 1. The maximum absolute atomic E-state index is 13.7. The summed E-state index contributed by atoms with van der Waals surface area (Å²) < 4.78 is 13.7. The van der Waals surface area contributed by atoms with Gasteiger partial charge in [-0.1, -0.05) is 18.2 Å². The number of hydrogen-bond acceptors (Lipinski definition) is 3. The predicted molar refractivity (Wildman–Crippen MR) is 104 cm³/mol. The van der Waals surface area contributed by atoms with E-state index in [4.69, 9.17) is 0 Å². The third kappa shape index (κ3) is 4.61. The number of anilines is 2. The van der Waals surface area contributed by atoms with Crippen molar-refractivity contribution in [3.63, 3.8) is 0 Å². The van der Waals surface area contributed by atoms with Crippen molar-refractivity contribution in [2.75, 3.05) is 36.9 Å². The normalized spacial score (nSPS) is 14.1. The van der Waals surface area contributed by atoms with Crippen LogP contribution in [-0.2, 0) is 11.3 Å². The molecule has 0 atom stereocenters. The van der Waals surface area contributed by atoms with Gasteiger partial charge in [0.2, 0.25) is 5.91 Å². The fourth-order valence-corrected chi connectivity index (χ4v) is 3.37. The molecule has 0 aromatic heterocycles. The van der Waals surface area contributed by atoms with Crippen LogP contribution < -0.4 is 10.2 Å². The molecule has 1 N–H and O–H groups in total. The zero-order chi connectivity index (χ0) is 18.5. The van der Waals surface area contributed by atoms with Crippen molar-refractivity contribution in [3.05, 3.63) is 59.4 Å². The third-order valence-electron chi connectivity index (χ3n) is 4.77. The first-order valence-electron chi connectivity index (χ1n) is 9.10. The Bertz CT molecular complexity index is 772. The van der Waals surface area contributed by atoms with Crippen molar-refractivity contribution >= 4 is 17.3 Å². The maximum atomic E-state index is 13.7. The highest BCUT2D eigenvalue weighted by Crippen LogP contribution is 2.25. The van der Waals surface area contributed by atoms with Gasteiger partial charge in [-0.25, -0.2) is 4.39 Å². The number of nitrogens with zero attached hydrogens (tertiary/aromatic N) is 2. The second kappa shape index (κ2) is 8.32. The smallest absolute Gasteiger partial charge is 0.238 e. The topological polar surface area (TPSA) is 35.6 Å². The number of carbonyl (C=O) groups is 1. The van der Waals surface area contributed by atoms with Crippen LogP contribution >= 0.6 is 0 Å². The predicted octanol–water partition coefficient (Wildman–Crippen LogP) is 3.80. The van der Waals surface area contributed by atoms with Crippen LogP contribution in [0.1, 0.15) is 24.0 Å². The van der Waals surface area contributed by atoms with Crippen LogP contribution in [0.15, 0.2) is 42.5 Å². The van der Waals surface area contributed by atoms with Crippen molar-refractivity contribution in [2.45, 2.75) is 26.3 Å². The SMILES string of the molecule is Cc1cc(N2CCCC2)ccc1NC(=O)CN(C)Cc1ccccc1F. The van der Waals surface area contributed by atoms with Crippen molar-refractivity contribution in [1.82, 2.24) is 4.90 Å². The standard InChI is InChI=1S/C21H26FN3O/c1-16-13-18(25-11-5-6-12-25)9-10-20(16)23-21(26)15-24(2)14-17-7-3-4-8-19(17)22/h3-4,7-10,13H,5-6,11-12,14-15H2,1-2H3,(H,23,26). The van der Waals surface area contributed by atoms with Crippen LogP contribution in [-0.4, -0.2) is 37.5 Å². The number of rotatable bonds is 6. The molecule has 1 saturated heterocycles. The molecular formula is C21H26FN3O. The molecule has 4 nitrogen and oxygen atoms in total. The van der Waals surface area contributed by atoms with E-state index in [1.807, 2.05) is 24.9 Å². The van der Waals surface area contributed by atoms with Crippen molar-refractivity contribution in [2.24, 2.45) is 0 Å². The van der Waals surface area contributed by atoms with E-state index in [-0.39, 0.29) is 18.3 Å². The summed E-state index contributed by atoms with van der Waals surface area (Å²) in [7, 11) is 1.81.